The molecule has 1 aliphatic rings. The molecule has 0 fully saturated rings. The highest BCUT2D eigenvalue weighted by atomic mass is 32.2. The van der Waals surface area contributed by atoms with Crippen LogP contribution in [0.2, 0.25) is 0 Å². The van der Waals surface area contributed by atoms with E-state index in [-0.39, 0.29) is 29.8 Å². The zero-order valence-electron chi connectivity index (χ0n) is 17.8. The Kier molecular flexibility index (Phi) is 6.84. The van der Waals surface area contributed by atoms with Gasteiger partial charge in [-0.05, 0) is 48.7 Å². The van der Waals surface area contributed by atoms with Crippen molar-refractivity contribution in [3.8, 4) is 0 Å². The van der Waals surface area contributed by atoms with Crippen LogP contribution in [0.3, 0.4) is 0 Å². The van der Waals surface area contributed by atoms with Crippen molar-refractivity contribution in [2.45, 2.75) is 38.0 Å². The van der Waals surface area contributed by atoms with Gasteiger partial charge >= 0.3 is 0 Å². The summed E-state index contributed by atoms with van der Waals surface area (Å²) < 4.78 is 14.9. The smallest absolute Gasteiger partial charge is 0.233 e. The lowest BCUT2D eigenvalue weighted by atomic mass is 10.00. The molecule has 4 rings (SSSR count). The summed E-state index contributed by atoms with van der Waals surface area (Å²) in [5.74, 6) is 0.221. The largest absolute Gasteiger partial charge is 0.337 e. The van der Waals surface area contributed by atoms with Crippen LogP contribution in [0.15, 0.2) is 53.7 Å². The third-order valence-corrected chi connectivity index (χ3v) is 6.32. The predicted molar refractivity (Wildman–Crippen MR) is 121 cm³/mol. The maximum absolute atomic E-state index is 13.0. The summed E-state index contributed by atoms with van der Waals surface area (Å²) in [6, 6.07) is 13.8. The van der Waals surface area contributed by atoms with Crippen LogP contribution in [-0.2, 0) is 35.5 Å². The summed E-state index contributed by atoms with van der Waals surface area (Å²) in [5, 5.41) is 11.7. The predicted octanol–water partition coefficient (Wildman–Crippen LogP) is 3.30. The van der Waals surface area contributed by atoms with Crippen LogP contribution in [0.4, 0.5) is 10.1 Å². The number of halogens is 1. The number of hydrogen-bond acceptors (Lipinski definition) is 5. The van der Waals surface area contributed by atoms with E-state index in [1.165, 1.54) is 47.2 Å². The molecule has 1 aromatic heterocycles. The minimum atomic E-state index is -0.362. The van der Waals surface area contributed by atoms with Crippen molar-refractivity contribution in [1.29, 1.82) is 0 Å². The Morgan fingerprint density at radius 1 is 1.09 bits per heavy atom. The van der Waals surface area contributed by atoms with Crippen LogP contribution < -0.4 is 5.32 Å². The normalized spacial score (nSPS) is 13.0. The number of nitrogens with zero attached hydrogens (tertiary/aromatic N) is 4. The monoisotopic (exact) mass is 453 g/mol. The first-order valence-electron chi connectivity index (χ1n) is 10.5. The minimum absolute atomic E-state index is 0.0373. The molecule has 0 radical (unpaired) electrons. The lowest BCUT2D eigenvalue weighted by molar-refractivity contribution is -0.129. The van der Waals surface area contributed by atoms with Crippen molar-refractivity contribution in [1.82, 2.24) is 19.7 Å². The fraction of sp³-hybridized carbons (Fsp3) is 0.304. The van der Waals surface area contributed by atoms with Crippen molar-refractivity contribution >= 4 is 29.3 Å². The number of rotatable bonds is 7. The van der Waals surface area contributed by atoms with E-state index in [9.17, 15) is 14.0 Å². The van der Waals surface area contributed by atoms with Gasteiger partial charge in [0.25, 0.3) is 0 Å². The van der Waals surface area contributed by atoms with Gasteiger partial charge in [-0.3, -0.25) is 9.59 Å². The molecule has 2 heterocycles. The van der Waals surface area contributed by atoms with Gasteiger partial charge in [0.2, 0.25) is 11.8 Å². The zero-order chi connectivity index (χ0) is 22.5. The molecule has 0 bridgehead atoms. The van der Waals surface area contributed by atoms with E-state index in [1.807, 2.05) is 28.5 Å². The average Bonchev–Trinajstić information content (AvgIpc) is 3.19. The van der Waals surface area contributed by atoms with Gasteiger partial charge in [-0.2, -0.15) is 0 Å². The summed E-state index contributed by atoms with van der Waals surface area (Å²) in [6.45, 7) is 3.87. The van der Waals surface area contributed by atoms with Gasteiger partial charge in [-0.15, -0.1) is 10.2 Å². The first-order valence-corrected chi connectivity index (χ1v) is 11.5. The molecule has 7 nitrogen and oxygen atoms in total. The highest BCUT2D eigenvalue weighted by molar-refractivity contribution is 7.99. The molecule has 32 heavy (non-hydrogen) atoms. The highest BCUT2D eigenvalue weighted by Crippen LogP contribution is 2.22. The van der Waals surface area contributed by atoms with Gasteiger partial charge in [0, 0.05) is 25.3 Å². The molecule has 1 aliphatic heterocycles. The Morgan fingerprint density at radius 3 is 2.59 bits per heavy atom. The number of benzene rings is 2. The summed E-state index contributed by atoms with van der Waals surface area (Å²) in [7, 11) is 0. The summed E-state index contributed by atoms with van der Waals surface area (Å²) in [5.41, 5.74) is 3.02. The molecule has 0 atom stereocenters. The maximum atomic E-state index is 13.0. The summed E-state index contributed by atoms with van der Waals surface area (Å²) in [4.78, 5) is 27.0. The van der Waals surface area contributed by atoms with E-state index in [0.29, 0.717) is 36.3 Å². The molecule has 0 saturated carbocycles. The summed E-state index contributed by atoms with van der Waals surface area (Å²) in [6.07, 6.45) is 0.903. The second-order valence-corrected chi connectivity index (χ2v) is 8.44. The van der Waals surface area contributed by atoms with Crippen molar-refractivity contribution in [3.05, 3.63) is 71.3 Å². The van der Waals surface area contributed by atoms with Crippen LogP contribution in [0, 0.1) is 5.82 Å². The number of anilines is 1. The van der Waals surface area contributed by atoms with Gasteiger partial charge < -0.3 is 14.8 Å². The van der Waals surface area contributed by atoms with E-state index < -0.39 is 0 Å². The SMILES string of the molecule is CCn1c(CC(=O)Nc2ccc(F)cc2)nnc1SCC(=O)N1CCc2ccccc2C1. The van der Waals surface area contributed by atoms with E-state index >= 15 is 0 Å². The molecule has 1 N–H and O–H groups in total. The topological polar surface area (TPSA) is 80.1 Å². The van der Waals surface area contributed by atoms with Gasteiger partial charge in [-0.1, -0.05) is 36.0 Å². The Bertz CT molecular complexity index is 1120. The van der Waals surface area contributed by atoms with E-state index in [2.05, 4.69) is 27.6 Å². The molecule has 0 spiro atoms. The molecule has 166 valence electrons. The third kappa shape index (κ3) is 5.16. The van der Waals surface area contributed by atoms with Crippen molar-refractivity contribution in [2.75, 3.05) is 17.6 Å². The van der Waals surface area contributed by atoms with Crippen LogP contribution >= 0.6 is 11.8 Å². The van der Waals surface area contributed by atoms with Gasteiger partial charge in [0.05, 0.1) is 12.2 Å². The maximum Gasteiger partial charge on any atom is 0.233 e. The quantitative estimate of drug-likeness (QED) is 0.556. The molecule has 9 heteroatoms. The molecular formula is C23H24FN5O2S. The molecule has 2 aromatic carbocycles. The Morgan fingerprint density at radius 2 is 1.84 bits per heavy atom. The number of carbonyl (C=O) groups is 2. The standard InChI is InChI=1S/C23H24FN5O2S/c1-2-29-20(13-21(30)25-19-9-7-18(24)8-10-19)26-27-23(29)32-15-22(31)28-12-11-16-5-3-4-6-17(16)14-28/h3-10H,2,11-15H2,1H3,(H,25,30). The van der Waals surface area contributed by atoms with E-state index in [1.54, 1.807) is 0 Å². The number of carbonyl (C=O) groups excluding carboxylic acids is 2. The van der Waals surface area contributed by atoms with E-state index in [0.717, 1.165) is 6.42 Å². The number of hydrogen-bond donors (Lipinski definition) is 1. The highest BCUT2D eigenvalue weighted by Gasteiger charge is 2.22. The summed E-state index contributed by atoms with van der Waals surface area (Å²) >= 11 is 1.33. The fourth-order valence-corrected chi connectivity index (χ4v) is 4.61. The lowest BCUT2D eigenvalue weighted by Gasteiger charge is -2.28. The van der Waals surface area contributed by atoms with Gasteiger partial charge in [0.15, 0.2) is 5.16 Å². The number of nitrogens with one attached hydrogen (secondary N) is 1. The molecule has 0 aliphatic carbocycles. The Balaban J connectivity index is 1.34. The Hall–Kier alpha value is -3.20. The number of fused-ring (bicyclic) bond motifs is 1. The molecule has 3 aromatic rings. The minimum Gasteiger partial charge on any atom is -0.337 e. The van der Waals surface area contributed by atoms with Crippen molar-refractivity contribution < 1.29 is 14.0 Å². The lowest BCUT2D eigenvalue weighted by Crippen LogP contribution is -2.37. The van der Waals surface area contributed by atoms with Gasteiger partial charge in [0.1, 0.15) is 11.6 Å². The zero-order valence-corrected chi connectivity index (χ0v) is 18.6. The number of amides is 2. The van der Waals surface area contributed by atoms with Crippen molar-refractivity contribution in [3.63, 3.8) is 0 Å². The van der Waals surface area contributed by atoms with E-state index in [4.69, 9.17) is 0 Å². The molecule has 0 saturated heterocycles. The average molecular weight is 454 g/mol. The van der Waals surface area contributed by atoms with Gasteiger partial charge in [-0.25, -0.2) is 4.39 Å². The second kappa shape index (κ2) is 9.95. The Labute approximate surface area is 190 Å². The van der Waals surface area contributed by atoms with Crippen LogP contribution in [0.1, 0.15) is 23.9 Å². The third-order valence-electron chi connectivity index (χ3n) is 5.36. The fourth-order valence-electron chi connectivity index (χ4n) is 3.68. The van der Waals surface area contributed by atoms with Crippen LogP contribution in [-0.4, -0.2) is 43.8 Å². The molecule has 2 amide bonds. The number of thioether (sulfide) groups is 1. The molecule has 0 unspecified atom stereocenters. The molecular weight excluding hydrogens is 429 g/mol. The van der Waals surface area contributed by atoms with Crippen LogP contribution in [0.5, 0.6) is 0 Å². The first-order chi connectivity index (χ1) is 15.5. The number of aromatic nitrogens is 3. The first kappa shape index (κ1) is 22.0. The van der Waals surface area contributed by atoms with Crippen LogP contribution in [0.25, 0.3) is 0 Å². The van der Waals surface area contributed by atoms with Crippen molar-refractivity contribution in [2.24, 2.45) is 0 Å². The second-order valence-electron chi connectivity index (χ2n) is 7.50.